The van der Waals surface area contributed by atoms with Gasteiger partial charge in [-0.3, -0.25) is 0 Å². The van der Waals surface area contributed by atoms with Crippen LogP contribution in [-0.2, 0) is 0 Å². The summed E-state index contributed by atoms with van der Waals surface area (Å²) in [5, 5.41) is 0. The van der Waals surface area contributed by atoms with Crippen molar-refractivity contribution in [3.8, 4) is 0 Å². The Bertz CT molecular complexity index is 321. The summed E-state index contributed by atoms with van der Waals surface area (Å²) in [6, 6.07) is 8.72. The molecular weight excluding hydrogens is 144 g/mol. The van der Waals surface area contributed by atoms with E-state index in [1.807, 2.05) is 0 Å². The van der Waals surface area contributed by atoms with Crippen molar-refractivity contribution in [2.75, 3.05) is 0 Å². The van der Waals surface area contributed by atoms with Crippen molar-refractivity contribution >= 4 is 5.57 Å². The van der Waals surface area contributed by atoms with Gasteiger partial charge in [0.1, 0.15) is 0 Å². The van der Waals surface area contributed by atoms with Gasteiger partial charge < -0.3 is 0 Å². The molecule has 0 N–H and O–H groups in total. The first-order valence-electron chi connectivity index (χ1n) is 4.63. The Hall–Kier alpha value is -1.04. The SMILES string of the molecule is CCC1=CC(C)c2ccccc21. The molecule has 1 aliphatic rings. The maximum atomic E-state index is 2.38. The van der Waals surface area contributed by atoms with Crippen molar-refractivity contribution < 1.29 is 0 Å². The average Bonchev–Trinajstić information content (AvgIpc) is 2.44. The highest BCUT2D eigenvalue weighted by molar-refractivity contribution is 5.74. The molecule has 0 spiro atoms. The number of benzene rings is 1. The highest BCUT2D eigenvalue weighted by Crippen LogP contribution is 2.36. The number of rotatable bonds is 1. The minimum Gasteiger partial charge on any atom is -0.0734 e. The number of fused-ring (bicyclic) bond motifs is 1. The summed E-state index contributed by atoms with van der Waals surface area (Å²) in [6.45, 7) is 4.49. The molecule has 12 heavy (non-hydrogen) atoms. The molecule has 1 unspecified atom stereocenters. The zero-order valence-corrected chi connectivity index (χ0v) is 7.67. The van der Waals surface area contributed by atoms with Crippen LogP contribution in [0.25, 0.3) is 5.57 Å². The number of hydrogen-bond acceptors (Lipinski definition) is 0. The molecule has 1 aliphatic carbocycles. The summed E-state index contributed by atoms with van der Waals surface area (Å²) in [4.78, 5) is 0. The molecule has 0 amide bonds. The van der Waals surface area contributed by atoms with Crippen molar-refractivity contribution in [1.29, 1.82) is 0 Å². The molecule has 0 saturated heterocycles. The van der Waals surface area contributed by atoms with Gasteiger partial charge in [0.15, 0.2) is 0 Å². The van der Waals surface area contributed by atoms with Gasteiger partial charge in [-0.15, -0.1) is 0 Å². The first-order valence-corrected chi connectivity index (χ1v) is 4.63. The Kier molecular flexibility index (Phi) is 1.76. The van der Waals surface area contributed by atoms with Crippen molar-refractivity contribution in [3.63, 3.8) is 0 Å². The minimum absolute atomic E-state index is 0.621. The Labute approximate surface area is 73.9 Å². The molecule has 0 saturated carbocycles. The molecule has 0 heteroatoms. The van der Waals surface area contributed by atoms with Crippen molar-refractivity contribution in [1.82, 2.24) is 0 Å². The zero-order chi connectivity index (χ0) is 8.55. The van der Waals surface area contributed by atoms with E-state index in [4.69, 9.17) is 0 Å². The lowest BCUT2D eigenvalue weighted by Crippen LogP contribution is -1.85. The van der Waals surface area contributed by atoms with Gasteiger partial charge in [0.25, 0.3) is 0 Å². The predicted octanol–water partition coefficient (Wildman–Crippen LogP) is 3.60. The highest BCUT2D eigenvalue weighted by Gasteiger charge is 2.17. The monoisotopic (exact) mass is 158 g/mol. The third kappa shape index (κ3) is 0.989. The Morgan fingerprint density at radius 3 is 2.75 bits per heavy atom. The van der Waals surface area contributed by atoms with Crippen LogP contribution in [0.15, 0.2) is 30.3 Å². The third-order valence-corrected chi connectivity index (χ3v) is 2.63. The molecule has 62 valence electrons. The predicted molar refractivity (Wildman–Crippen MR) is 53.1 cm³/mol. The Morgan fingerprint density at radius 1 is 1.25 bits per heavy atom. The average molecular weight is 158 g/mol. The van der Waals surface area contributed by atoms with Gasteiger partial charge in [-0.05, 0) is 23.1 Å². The second-order valence-corrected chi connectivity index (χ2v) is 3.42. The van der Waals surface area contributed by atoms with Crippen LogP contribution in [0.5, 0.6) is 0 Å². The maximum absolute atomic E-state index is 2.38. The Balaban J connectivity index is 2.53. The zero-order valence-electron chi connectivity index (χ0n) is 7.67. The van der Waals surface area contributed by atoms with E-state index in [0.29, 0.717) is 5.92 Å². The minimum atomic E-state index is 0.621. The second-order valence-electron chi connectivity index (χ2n) is 3.42. The Morgan fingerprint density at radius 2 is 2.00 bits per heavy atom. The van der Waals surface area contributed by atoms with Gasteiger partial charge in [-0.25, -0.2) is 0 Å². The van der Waals surface area contributed by atoms with E-state index in [0.717, 1.165) is 6.42 Å². The molecule has 1 atom stereocenters. The lowest BCUT2D eigenvalue weighted by Gasteiger charge is -2.03. The van der Waals surface area contributed by atoms with Crippen LogP contribution in [-0.4, -0.2) is 0 Å². The molecule has 0 heterocycles. The van der Waals surface area contributed by atoms with E-state index in [-0.39, 0.29) is 0 Å². The molecular formula is C12H14. The molecule has 0 fully saturated rings. The lowest BCUT2D eigenvalue weighted by atomic mass is 10.0. The van der Waals surface area contributed by atoms with E-state index in [1.165, 1.54) is 16.7 Å². The fraction of sp³-hybridized carbons (Fsp3) is 0.333. The fourth-order valence-corrected chi connectivity index (χ4v) is 1.98. The second kappa shape index (κ2) is 2.78. The molecule has 1 aromatic rings. The van der Waals surface area contributed by atoms with Crippen LogP contribution in [0.4, 0.5) is 0 Å². The van der Waals surface area contributed by atoms with Crippen molar-refractivity contribution in [3.05, 3.63) is 41.5 Å². The van der Waals surface area contributed by atoms with Crippen LogP contribution >= 0.6 is 0 Å². The van der Waals surface area contributed by atoms with Gasteiger partial charge in [0.05, 0.1) is 0 Å². The summed E-state index contributed by atoms with van der Waals surface area (Å²) < 4.78 is 0. The fourth-order valence-electron chi connectivity index (χ4n) is 1.98. The highest BCUT2D eigenvalue weighted by atomic mass is 14.2. The van der Waals surface area contributed by atoms with E-state index >= 15 is 0 Å². The van der Waals surface area contributed by atoms with Crippen LogP contribution in [0.1, 0.15) is 37.3 Å². The van der Waals surface area contributed by atoms with E-state index in [1.54, 1.807) is 0 Å². The molecule has 0 radical (unpaired) electrons. The maximum Gasteiger partial charge on any atom is 0.000163 e. The first-order chi connectivity index (χ1) is 5.83. The van der Waals surface area contributed by atoms with Crippen LogP contribution in [0.3, 0.4) is 0 Å². The molecule has 2 rings (SSSR count). The summed E-state index contributed by atoms with van der Waals surface area (Å²) in [6.07, 6.45) is 3.53. The number of allylic oxidation sites excluding steroid dienone is 2. The molecule has 1 aromatic carbocycles. The van der Waals surface area contributed by atoms with E-state index in [2.05, 4.69) is 44.2 Å². The van der Waals surface area contributed by atoms with E-state index in [9.17, 15) is 0 Å². The third-order valence-electron chi connectivity index (χ3n) is 2.63. The molecule has 0 nitrogen and oxygen atoms in total. The van der Waals surface area contributed by atoms with Crippen LogP contribution < -0.4 is 0 Å². The topological polar surface area (TPSA) is 0 Å². The van der Waals surface area contributed by atoms with Crippen molar-refractivity contribution in [2.24, 2.45) is 0 Å². The van der Waals surface area contributed by atoms with Gasteiger partial charge in [0, 0.05) is 5.92 Å². The molecule has 0 aliphatic heterocycles. The standard InChI is InChI=1S/C12H14/c1-3-10-8-9(2)11-6-4-5-7-12(10)11/h4-9H,3H2,1-2H3. The summed E-state index contributed by atoms with van der Waals surface area (Å²) in [7, 11) is 0. The lowest BCUT2D eigenvalue weighted by molar-refractivity contribution is 0.989. The van der Waals surface area contributed by atoms with Crippen molar-refractivity contribution in [2.45, 2.75) is 26.2 Å². The molecule has 0 aromatic heterocycles. The molecule has 0 bridgehead atoms. The van der Waals surface area contributed by atoms with Crippen LogP contribution in [0.2, 0.25) is 0 Å². The van der Waals surface area contributed by atoms with Gasteiger partial charge >= 0.3 is 0 Å². The van der Waals surface area contributed by atoms with Gasteiger partial charge in [0.2, 0.25) is 0 Å². The summed E-state index contributed by atoms with van der Waals surface area (Å²) in [5.41, 5.74) is 4.47. The quantitative estimate of drug-likeness (QED) is 0.585. The summed E-state index contributed by atoms with van der Waals surface area (Å²) in [5.74, 6) is 0.621. The first kappa shape index (κ1) is 7.60. The van der Waals surface area contributed by atoms with Gasteiger partial charge in [-0.1, -0.05) is 44.2 Å². The number of hydrogen-bond donors (Lipinski definition) is 0. The van der Waals surface area contributed by atoms with Crippen LogP contribution in [0, 0.1) is 0 Å². The largest absolute Gasteiger partial charge is 0.0734 e. The van der Waals surface area contributed by atoms with E-state index < -0.39 is 0 Å². The smallest absolute Gasteiger partial charge is 0.000163 e. The normalized spacial score (nSPS) is 20.5. The van der Waals surface area contributed by atoms with Gasteiger partial charge in [-0.2, -0.15) is 0 Å². The summed E-state index contributed by atoms with van der Waals surface area (Å²) >= 11 is 0.